The predicted octanol–water partition coefficient (Wildman–Crippen LogP) is 4.52. The van der Waals surface area contributed by atoms with Gasteiger partial charge in [-0.25, -0.2) is 0 Å². The molecule has 2 rings (SSSR count). The predicted molar refractivity (Wildman–Crippen MR) is 69.8 cm³/mol. The van der Waals surface area contributed by atoms with Gasteiger partial charge in [0.05, 0.1) is 0 Å². The van der Waals surface area contributed by atoms with Gasteiger partial charge in [-0.2, -0.15) is 0 Å². The summed E-state index contributed by atoms with van der Waals surface area (Å²) in [5, 5.41) is 0. The fourth-order valence-electron chi connectivity index (χ4n) is 2.47. The zero-order chi connectivity index (χ0) is 11.5. The normalized spacial score (nSPS) is 15.8. The van der Waals surface area contributed by atoms with Crippen LogP contribution in [0, 0.1) is 12.0 Å². The van der Waals surface area contributed by atoms with Gasteiger partial charge in [0.15, 0.2) is 0 Å². The monoisotopic (exact) mass is 215 g/mol. The van der Waals surface area contributed by atoms with Crippen LogP contribution in [0.3, 0.4) is 0 Å². The van der Waals surface area contributed by atoms with E-state index in [2.05, 4.69) is 39.0 Å². The van der Waals surface area contributed by atoms with Gasteiger partial charge in [0.25, 0.3) is 0 Å². The lowest BCUT2D eigenvalue weighted by atomic mass is 9.89. The first-order valence-corrected chi connectivity index (χ1v) is 6.74. The summed E-state index contributed by atoms with van der Waals surface area (Å²) in [7, 11) is 0. The molecule has 0 bridgehead atoms. The molecule has 87 valence electrons. The summed E-state index contributed by atoms with van der Waals surface area (Å²) >= 11 is 0. The molecule has 16 heavy (non-hydrogen) atoms. The van der Waals surface area contributed by atoms with Crippen LogP contribution in [0.1, 0.15) is 62.6 Å². The third-order valence-corrected chi connectivity index (χ3v) is 3.54. The average molecular weight is 215 g/mol. The largest absolute Gasteiger partial charge is 0.0651 e. The van der Waals surface area contributed by atoms with E-state index in [1.165, 1.54) is 37.7 Å². The Labute approximate surface area is 100 Å². The van der Waals surface area contributed by atoms with E-state index in [-0.39, 0.29) is 0 Å². The zero-order valence-corrected chi connectivity index (χ0v) is 10.8. The van der Waals surface area contributed by atoms with Gasteiger partial charge in [-0.05, 0) is 60.3 Å². The quantitative estimate of drug-likeness (QED) is 0.677. The second kappa shape index (κ2) is 5.03. The minimum atomic E-state index is 0.647. The van der Waals surface area contributed by atoms with Crippen LogP contribution in [0.25, 0.3) is 0 Å². The molecule has 1 saturated carbocycles. The van der Waals surface area contributed by atoms with E-state index >= 15 is 0 Å². The molecule has 0 N–H and O–H groups in total. The molecule has 0 amide bonds. The van der Waals surface area contributed by atoms with Crippen molar-refractivity contribution in [3.05, 3.63) is 34.9 Å². The number of rotatable bonds is 5. The second-order valence-corrected chi connectivity index (χ2v) is 5.44. The van der Waals surface area contributed by atoms with Crippen molar-refractivity contribution >= 4 is 0 Å². The van der Waals surface area contributed by atoms with Crippen LogP contribution in [-0.2, 0) is 12.8 Å². The first kappa shape index (κ1) is 11.7. The van der Waals surface area contributed by atoms with Crippen molar-refractivity contribution in [1.82, 2.24) is 0 Å². The maximum Gasteiger partial charge on any atom is -0.0146 e. The lowest BCUT2D eigenvalue weighted by Gasteiger charge is -2.16. The van der Waals surface area contributed by atoms with E-state index in [0.29, 0.717) is 5.92 Å². The third-order valence-electron chi connectivity index (χ3n) is 3.54. The minimum absolute atomic E-state index is 0.647. The molecule has 1 aromatic rings. The molecule has 1 aromatic carbocycles. The van der Waals surface area contributed by atoms with Gasteiger partial charge in [0.2, 0.25) is 0 Å². The van der Waals surface area contributed by atoms with Crippen molar-refractivity contribution in [2.24, 2.45) is 5.92 Å². The topological polar surface area (TPSA) is 0 Å². The molecule has 0 unspecified atom stereocenters. The van der Waals surface area contributed by atoms with Crippen molar-refractivity contribution in [2.45, 2.75) is 58.8 Å². The van der Waals surface area contributed by atoms with Crippen molar-refractivity contribution in [2.75, 3.05) is 0 Å². The summed E-state index contributed by atoms with van der Waals surface area (Å²) in [5.41, 5.74) is 4.67. The highest BCUT2D eigenvalue weighted by atomic mass is 14.3. The second-order valence-electron chi connectivity index (χ2n) is 5.44. The molecule has 1 fully saturated rings. The summed E-state index contributed by atoms with van der Waals surface area (Å²) < 4.78 is 0. The molecule has 0 heterocycles. The average Bonchev–Trinajstić information content (AvgIpc) is 3.04. The van der Waals surface area contributed by atoms with Crippen LogP contribution >= 0.6 is 0 Å². The molecule has 1 aliphatic carbocycles. The maximum atomic E-state index is 3.49. The number of benzene rings is 1. The standard InChI is InChI=1S/C16H23/c1-4-6-16-14(11-13-9-10-13)7-5-8-15(16)12(2)3/h5,8,12-13H,4,6,9-11H2,1-3H3. The lowest BCUT2D eigenvalue weighted by Crippen LogP contribution is -2.03. The van der Waals surface area contributed by atoms with Crippen molar-refractivity contribution in [3.63, 3.8) is 0 Å². The van der Waals surface area contributed by atoms with Crippen LogP contribution in [0.5, 0.6) is 0 Å². The fourth-order valence-corrected chi connectivity index (χ4v) is 2.47. The van der Waals surface area contributed by atoms with Crippen LogP contribution in [0.15, 0.2) is 12.1 Å². The molecule has 0 nitrogen and oxygen atoms in total. The first-order chi connectivity index (χ1) is 7.72. The van der Waals surface area contributed by atoms with Gasteiger partial charge in [-0.15, -0.1) is 0 Å². The van der Waals surface area contributed by atoms with E-state index in [0.717, 1.165) is 5.92 Å². The summed E-state index contributed by atoms with van der Waals surface area (Å²) in [6.45, 7) is 6.88. The summed E-state index contributed by atoms with van der Waals surface area (Å²) in [4.78, 5) is 0. The van der Waals surface area contributed by atoms with Gasteiger partial charge >= 0.3 is 0 Å². The van der Waals surface area contributed by atoms with Gasteiger partial charge in [0, 0.05) is 0 Å². The molecular weight excluding hydrogens is 192 g/mol. The molecule has 0 spiro atoms. The minimum Gasteiger partial charge on any atom is -0.0651 e. The molecule has 0 saturated heterocycles. The Hall–Kier alpha value is -0.780. The summed E-state index contributed by atoms with van der Waals surface area (Å²) in [5.74, 6) is 1.61. The molecule has 1 radical (unpaired) electrons. The Morgan fingerprint density at radius 1 is 1.38 bits per heavy atom. The summed E-state index contributed by atoms with van der Waals surface area (Å²) in [6, 6.07) is 7.89. The number of hydrogen-bond donors (Lipinski definition) is 0. The molecule has 0 aliphatic heterocycles. The Balaban J connectivity index is 2.29. The smallest absolute Gasteiger partial charge is 0.0146 e. The molecule has 0 atom stereocenters. The highest BCUT2D eigenvalue weighted by Crippen LogP contribution is 2.35. The van der Waals surface area contributed by atoms with Gasteiger partial charge in [-0.1, -0.05) is 39.3 Å². The highest BCUT2D eigenvalue weighted by molar-refractivity contribution is 5.37. The Morgan fingerprint density at radius 3 is 2.69 bits per heavy atom. The summed E-state index contributed by atoms with van der Waals surface area (Å²) in [6.07, 6.45) is 6.62. The highest BCUT2D eigenvalue weighted by Gasteiger charge is 2.23. The third kappa shape index (κ3) is 2.66. The van der Waals surface area contributed by atoms with Crippen molar-refractivity contribution < 1.29 is 0 Å². The zero-order valence-electron chi connectivity index (χ0n) is 10.8. The number of hydrogen-bond acceptors (Lipinski definition) is 0. The van der Waals surface area contributed by atoms with Crippen LogP contribution in [0.2, 0.25) is 0 Å². The Bertz CT molecular complexity index is 345. The van der Waals surface area contributed by atoms with Crippen LogP contribution in [0.4, 0.5) is 0 Å². The van der Waals surface area contributed by atoms with Crippen LogP contribution < -0.4 is 0 Å². The maximum absolute atomic E-state index is 3.49. The van der Waals surface area contributed by atoms with Crippen LogP contribution in [-0.4, -0.2) is 0 Å². The van der Waals surface area contributed by atoms with Crippen molar-refractivity contribution in [1.29, 1.82) is 0 Å². The molecular formula is C16H23. The van der Waals surface area contributed by atoms with E-state index in [4.69, 9.17) is 0 Å². The molecule has 0 heteroatoms. The van der Waals surface area contributed by atoms with E-state index in [9.17, 15) is 0 Å². The lowest BCUT2D eigenvalue weighted by molar-refractivity contribution is 0.773. The molecule has 0 aromatic heterocycles. The van der Waals surface area contributed by atoms with Gasteiger partial charge < -0.3 is 0 Å². The first-order valence-electron chi connectivity index (χ1n) is 6.74. The van der Waals surface area contributed by atoms with Crippen molar-refractivity contribution in [3.8, 4) is 0 Å². The molecule has 1 aliphatic rings. The fraction of sp³-hybridized carbons (Fsp3) is 0.625. The van der Waals surface area contributed by atoms with E-state index in [1.54, 1.807) is 11.1 Å². The van der Waals surface area contributed by atoms with Gasteiger partial charge in [0.1, 0.15) is 0 Å². The SMILES string of the molecule is CCCc1c(CC2CC2)[c]ccc1C(C)C. The van der Waals surface area contributed by atoms with E-state index in [1.807, 2.05) is 0 Å². The van der Waals surface area contributed by atoms with E-state index < -0.39 is 0 Å². The Morgan fingerprint density at radius 2 is 2.12 bits per heavy atom. The van der Waals surface area contributed by atoms with Gasteiger partial charge in [-0.3, -0.25) is 0 Å². The Kier molecular flexibility index (Phi) is 3.68.